The van der Waals surface area contributed by atoms with Crippen LogP contribution in [0.5, 0.6) is 0 Å². The van der Waals surface area contributed by atoms with Crippen molar-refractivity contribution in [3.05, 3.63) is 18.2 Å². The Kier molecular flexibility index (Phi) is 18.8. The van der Waals surface area contributed by atoms with E-state index in [2.05, 4.69) is 9.97 Å². The quantitative estimate of drug-likeness (QED) is 0.134. The van der Waals surface area contributed by atoms with Gasteiger partial charge in [-0.05, 0) is 32.2 Å². The number of unbranched alkanes of at least 4 members (excludes halogenated alkanes) is 1. The number of carboxylic acids is 3. The van der Waals surface area contributed by atoms with Gasteiger partial charge in [-0.2, -0.15) is 0 Å². The topological polar surface area (TPSA) is 291 Å². The molecule has 0 aliphatic rings. The smallest absolute Gasteiger partial charge is 0.320 e. The van der Waals surface area contributed by atoms with Crippen molar-refractivity contribution in [2.24, 2.45) is 28.7 Å². The number of nitrogens with zero attached hydrogens (tertiary/aromatic N) is 1. The Morgan fingerprint density at radius 2 is 1.41 bits per heavy atom. The lowest BCUT2D eigenvalue weighted by atomic mass is 10.1. The zero-order chi connectivity index (χ0) is 25.1. The first-order chi connectivity index (χ1) is 15.0. The fourth-order valence-corrected chi connectivity index (χ4v) is 1.96. The maximum atomic E-state index is 10.3. The molecule has 0 aliphatic heterocycles. The normalized spacial score (nSPS) is 13.9. The summed E-state index contributed by atoms with van der Waals surface area (Å²) >= 11 is 0. The molecule has 0 saturated heterocycles. The van der Waals surface area contributed by atoms with Crippen LogP contribution in [0.4, 0.5) is 0 Å². The van der Waals surface area contributed by atoms with Crippen molar-refractivity contribution < 1.29 is 34.8 Å². The van der Waals surface area contributed by atoms with Gasteiger partial charge in [0.25, 0.3) is 0 Å². The number of aliphatic hydroxyl groups excluding tert-OH is 1. The fourth-order valence-electron chi connectivity index (χ4n) is 1.96. The first-order valence-corrected chi connectivity index (χ1v) is 9.97. The van der Waals surface area contributed by atoms with Gasteiger partial charge in [0.15, 0.2) is 0 Å². The number of nitrogens with one attached hydrogen (secondary N) is 1. The Morgan fingerprint density at radius 3 is 1.81 bits per heavy atom. The highest BCUT2D eigenvalue weighted by atomic mass is 16.4. The van der Waals surface area contributed by atoms with Gasteiger partial charge in [-0.25, -0.2) is 4.98 Å². The summed E-state index contributed by atoms with van der Waals surface area (Å²) in [7, 11) is 0. The van der Waals surface area contributed by atoms with E-state index in [0.717, 1.165) is 12.8 Å². The van der Waals surface area contributed by atoms with E-state index < -0.39 is 42.1 Å². The maximum absolute atomic E-state index is 10.3. The summed E-state index contributed by atoms with van der Waals surface area (Å²) in [6, 6.07) is -2.47. The highest BCUT2D eigenvalue weighted by Gasteiger charge is 2.13. The second-order valence-corrected chi connectivity index (χ2v) is 6.85. The highest BCUT2D eigenvalue weighted by molar-refractivity contribution is 5.73. The Hall–Kier alpha value is -2.62. The number of aliphatic hydroxyl groups is 1. The Labute approximate surface area is 186 Å². The third kappa shape index (κ3) is 18.2. The van der Waals surface area contributed by atoms with Crippen LogP contribution in [-0.2, 0) is 20.8 Å². The van der Waals surface area contributed by atoms with E-state index in [1.807, 2.05) is 0 Å². The molecule has 0 aromatic carbocycles. The van der Waals surface area contributed by atoms with Crippen LogP contribution >= 0.6 is 0 Å². The minimum Gasteiger partial charge on any atom is -0.480 e. The van der Waals surface area contributed by atoms with Gasteiger partial charge in [-0.15, -0.1) is 0 Å². The monoisotopic (exact) mass is 463 g/mol. The number of imidazole rings is 1. The first-order valence-electron chi connectivity index (χ1n) is 9.97. The molecule has 0 unspecified atom stereocenters. The van der Waals surface area contributed by atoms with Gasteiger partial charge in [-0.3, -0.25) is 14.4 Å². The van der Waals surface area contributed by atoms with Crippen LogP contribution in [-0.4, -0.2) is 85.6 Å². The molecule has 0 spiro atoms. The summed E-state index contributed by atoms with van der Waals surface area (Å²) in [5, 5.41) is 34.0. The SMILES string of the molecule is NCCCC[C@H](N)C(=O)O.NC[C@H](O)CC[C@H](N)C(=O)O.N[C@@H](Cc1c[nH]cn1)C(=O)O. The molecule has 0 amide bonds. The molecule has 1 aromatic rings. The van der Waals surface area contributed by atoms with E-state index in [-0.39, 0.29) is 19.4 Å². The van der Waals surface area contributed by atoms with Crippen LogP contribution in [0, 0.1) is 0 Å². The van der Waals surface area contributed by atoms with Gasteiger partial charge in [0.2, 0.25) is 0 Å². The molecule has 1 aromatic heterocycles. The van der Waals surface area contributed by atoms with Crippen molar-refractivity contribution in [1.82, 2.24) is 9.97 Å². The summed E-state index contributed by atoms with van der Waals surface area (Å²) in [6.07, 6.45) is 5.50. The van der Waals surface area contributed by atoms with Crippen molar-refractivity contribution in [1.29, 1.82) is 0 Å². The van der Waals surface area contributed by atoms with E-state index in [1.165, 1.54) is 6.33 Å². The number of carbonyl (C=O) groups is 3. The van der Waals surface area contributed by atoms with Crippen molar-refractivity contribution in [2.75, 3.05) is 13.1 Å². The number of H-pyrrole nitrogens is 1. The van der Waals surface area contributed by atoms with Crippen molar-refractivity contribution in [3.63, 3.8) is 0 Å². The molecule has 14 heteroatoms. The van der Waals surface area contributed by atoms with E-state index in [0.29, 0.717) is 25.1 Å². The lowest BCUT2D eigenvalue weighted by molar-refractivity contribution is -0.139. The molecule has 14 nitrogen and oxygen atoms in total. The second-order valence-electron chi connectivity index (χ2n) is 6.85. The second kappa shape index (κ2) is 19.1. The molecule has 186 valence electrons. The Balaban J connectivity index is 0. The predicted octanol–water partition coefficient (Wildman–Crippen LogP) is -2.61. The Morgan fingerprint density at radius 1 is 0.875 bits per heavy atom. The van der Waals surface area contributed by atoms with Crippen molar-refractivity contribution in [3.8, 4) is 0 Å². The van der Waals surface area contributed by atoms with Gasteiger partial charge >= 0.3 is 17.9 Å². The molecule has 15 N–H and O–H groups in total. The van der Waals surface area contributed by atoms with Gasteiger partial charge in [0.1, 0.15) is 18.1 Å². The van der Waals surface area contributed by atoms with Gasteiger partial charge in [0.05, 0.1) is 18.1 Å². The molecular formula is C18H37N7O7. The third-order valence-electron chi connectivity index (χ3n) is 3.99. The molecule has 32 heavy (non-hydrogen) atoms. The molecule has 0 radical (unpaired) electrons. The van der Waals surface area contributed by atoms with Gasteiger partial charge in [0, 0.05) is 19.2 Å². The van der Waals surface area contributed by atoms with Crippen LogP contribution in [0.15, 0.2) is 12.5 Å². The predicted molar refractivity (Wildman–Crippen MR) is 116 cm³/mol. The maximum Gasteiger partial charge on any atom is 0.320 e. The molecule has 0 fully saturated rings. The minimum atomic E-state index is -1.05. The molecule has 0 saturated carbocycles. The number of carboxylic acid groups (broad SMARTS) is 3. The molecule has 1 rings (SSSR count). The molecule has 1 heterocycles. The van der Waals surface area contributed by atoms with Crippen molar-refractivity contribution >= 4 is 17.9 Å². The fraction of sp³-hybridized carbons (Fsp3) is 0.667. The number of aliphatic carboxylic acids is 3. The van der Waals surface area contributed by atoms with Gasteiger partial charge in [-0.1, -0.05) is 6.42 Å². The molecule has 4 atom stereocenters. The molecular weight excluding hydrogens is 426 g/mol. The van der Waals surface area contributed by atoms with E-state index >= 15 is 0 Å². The summed E-state index contributed by atoms with van der Waals surface area (Å²) in [5.41, 5.74) is 26.6. The summed E-state index contributed by atoms with van der Waals surface area (Å²) in [4.78, 5) is 37.1. The zero-order valence-electron chi connectivity index (χ0n) is 18.0. The number of aromatic nitrogens is 2. The van der Waals surface area contributed by atoms with E-state index in [9.17, 15) is 14.4 Å². The summed E-state index contributed by atoms with van der Waals surface area (Å²) < 4.78 is 0. The average Bonchev–Trinajstić information content (AvgIpc) is 3.25. The van der Waals surface area contributed by atoms with Crippen LogP contribution in [0.2, 0.25) is 0 Å². The number of hydrogen-bond acceptors (Lipinski definition) is 10. The largest absolute Gasteiger partial charge is 0.480 e. The summed E-state index contributed by atoms with van der Waals surface area (Å²) in [6.45, 7) is 0.749. The Bertz CT molecular complexity index is 631. The number of rotatable bonds is 13. The average molecular weight is 464 g/mol. The lowest BCUT2D eigenvalue weighted by Crippen LogP contribution is -2.32. The number of aromatic amines is 1. The lowest BCUT2D eigenvalue weighted by Gasteiger charge is -2.09. The molecule has 0 aliphatic carbocycles. The zero-order valence-corrected chi connectivity index (χ0v) is 18.0. The summed E-state index contributed by atoms with van der Waals surface area (Å²) in [5.74, 6) is -2.99. The van der Waals surface area contributed by atoms with Crippen molar-refractivity contribution in [2.45, 2.75) is 62.8 Å². The van der Waals surface area contributed by atoms with Gasteiger partial charge < -0.3 is 54.1 Å². The number of hydrogen-bond donors (Lipinski definition) is 10. The minimum absolute atomic E-state index is 0.145. The number of nitrogens with two attached hydrogens (primary N) is 5. The van der Waals surface area contributed by atoms with E-state index in [1.54, 1.807) is 6.20 Å². The van der Waals surface area contributed by atoms with Crippen LogP contribution in [0.3, 0.4) is 0 Å². The van der Waals surface area contributed by atoms with Crippen LogP contribution < -0.4 is 28.7 Å². The first kappa shape index (κ1) is 31.6. The van der Waals surface area contributed by atoms with Crippen LogP contribution in [0.25, 0.3) is 0 Å². The highest BCUT2D eigenvalue weighted by Crippen LogP contribution is 1.99. The molecule has 0 bridgehead atoms. The van der Waals surface area contributed by atoms with E-state index in [4.69, 9.17) is 49.1 Å². The standard InChI is InChI=1S/C6H9N3O2.C6H14N2O3.C6H14N2O2/c7-5(6(10)11)1-4-2-8-3-9-4;7-3-4(9)1-2-5(8)6(10)11;7-4-2-1-3-5(8)6(9)10/h2-3,5H,1,7H2,(H,8,9)(H,10,11);4-5,9H,1-3,7-8H2,(H,10,11);5H,1-4,7-8H2,(H,9,10)/t5-;4-,5+;5-/m010/s1. The third-order valence-corrected chi connectivity index (χ3v) is 3.99. The van der Waals surface area contributed by atoms with Crippen LogP contribution in [0.1, 0.15) is 37.8 Å².